The maximum Gasteiger partial charge on any atom is 0.214 e. The van der Waals surface area contributed by atoms with Crippen molar-refractivity contribution in [1.29, 1.82) is 0 Å². The van der Waals surface area contributed by atoms with E-state index in [1.54, 1.807) is 0 Å². The van der Waals surface area contributed by atoms with Crippen LogP contribution in [0.3, 0.4) is 0 Å². The fourth-order valence-corrected chi connectivity index (χ4v) is 6.07. The highest BCUT2D eigenvalue weighted by Crippen LogP contribution is 2.60. The van der Waals surface area contributed by atoms with Gasteiger partial charge in [0.15, 0.2) is 5.82 Å². The third kappa shape index (κ3) is 3.75. The predicted octanol–water partition coefficient (Wildman–Crippen LogP) is 5.62. The number of pyridine rings is 1. The number of aliphatic hydroxyl groups excluding tert-OH is 1. The van der Waals surface area contributed by atoms with Gasteiger partial charge >= 0.3 is 0 Å². The average molecular weight is 422 g/mol. The molecule has 0 unspecified atom stereocenters. The van der Waals surface area contributed by atoms with Gasteiger partial charge < -0.3 is 10.2 Å². The summed E-state index contributed by atoms with van der Waals surface area (Å²) in [5, 5.41) is 19.8. The van der Waals surface area contributed by atoms with E-state index in [1.165, 1.54) is 30.4 Å². The van der Waals surface area contributed by atoms with Gasteiger partial charge in [-0.25, -0.2) is 9.37 Å². The Balaban J connectivity index is 0.000000192. The molecule has 1 aromatic carbocycles. The summed E-state index contributed by atoms with van der Waals surface area (Å²) in [6.07, 6.45) is 7.51. The molecule has 3 aliphatic rings. The normalized spacial score (nSPS) is 32.4. The van der Waals surface area contributed by atoms with Crippen LogP contribution in [0.5, 0.6) is 5.75 Å². The van der Waals surface area contributed by atoms with Gasteiger partial charge in [0.1, 0.15) is 5.75 Å². The van der Waals surface area contributed by atoms with E-state index in [0.29, 0.717) is 17.6 Å². The molecule has 29 heavy (non-hydrogen) atoms. The number of fused-ring (bicyclic) bond motifs is 5. The van der Waals surface area contributed by atoms with Gasteiger partial charge in [-0.05, 0) is 85.0 Å². The number of halogens is 3. The molecule has 0 amide bonds. The molecule has 5 atom stereocenters. The molecule has 1 heterocycles. The molecule has 3 nitrogen and oxygen atoms in total. The second kappa shape index (κ2) is 7.84. The number of hydrogen-bond donors (Lipinski definition) is 2. The highest BCUT2D eigenvalue weighted by molar-refractivity contribution is 6.30. The molecule has 3 aliphatic carbocycles. The lowest BCUT2D eigenvalue weighted by Gasteiger charge is -2.50. The van der Waals surface area contributed by atoms with Crippen LogP contribution in [-0.2, 0) is 6.42 Å². The smallest absolute Gasteiger partial charge is 0.214 e. The molecular formula is C23H26ClF2NO2. The summed E-state index contributed by atoms with van der Waals surface area (Å²) < 4.78 is 24.1. The van der Waals surface area contributed by atoms with Crippen molar-refractivity contribution in [3.05, 3.63) is 58.4 Å². The zero-order valence-electron chi connectivity index (χ0n) is 16.4. The zero-order valence-corrected chi connectivity index (χ0v) is 17.2. The van der Waals surface area contributed by atoms with Gasteiger partial charge in [-0.1, -0.05) is 24.6 Å². The molecule has 0 spiro atoms. The molecule has 2 fully saturated rings. The Morgan fingerprint density at radius 3 is 2.66 bits per heavy atom. The molecule has 156 valence electrons. The second-order valence-electron chi connectivity index (χ2n) is 8.86. The van der Waals surface area contributed by atoms with Crippen LogP contribution in [0.1, 0.15) is 56.1 Å². The van der Waals surface area contributed by atoms with Crippen LogP contribution in [0.2, 0.25) is 5.02 Å². The van der Waals surface area contributed by atoms with Crippen LogP contribution < -0.4 is 0 Å². The molecular weight excluding hydrogens is 396 g/mol. The third-order valence-electron chi connectivity index (χ3n) is 7.44. The van der Waals surface area contributed by atoms with Gasteiger partial charge in [0.25, 0.3) is 0 Å². The molecule has 2 saturated carbocycles. The minimum absolute atomic E-state index is 0.0883. The van der Waals surface area contributed by atoms with Crippen LogP contribution in [0.15, 0.2) is 30.5 Å². The fourth-order valence-electron chi connectivity index (χ4n) is 5.93. The van der Waals surface area contributed by atoms with E-state index < -0.39 is 11.8 Å². The van der Waals surface area contributed by atoms with E-state index in [-0.39, 0.29) is 16.5 Å². The van der Waals surface area contributed by atoms with Crippen molar-refractivity contribution in [3.63, 3.8) is 0 Å². The summed E-state index contributed by atoms with van der Waals surface area (Å²) in [6, 6.07) is 6.77. The first-order valence-corrected chi connectivity index (χ1v) is 10.6. The van der Waals surface area contributed by atoms with E-state index >= 15 is 0 Å². The van der Waals surface area contributed by atoms with E-state index in [9.17, 15) is 19.0 Å². The topological polar surface area (TPSA) is 53.4 Å². The summed E-state index contributed by atoms with van der Waals surface area (Å²) in [4.78, 5) is 3.01. The number of phenols is 1. The summed E-state index contributed by atoms with van der Waals surface area (Å²) in [6.45, 7) is 2.32. The minimum Gasteiger partial charge on any atom is -0.508 e. The van der Waals surface area contributed by atoms with Crippen molar-refractivity contribution in [2.75, 3.05) is 0 Å². The number of phenolic OH excluding ortho intramolecular Hbond substituents is 1. The first-order valence-electron chi connectivity index (χ1n) is 10.3. The first-order chi connectivity index (χ1) is 13.8. The first kappa shape index (κ1) is 20.5. The molecule has 0 bridgehead atoms. The van der Waals surface area contributed by atoms with E-state index in [2.05, 4.69) is 18.0 Å². The fraction of sp³-hybridized carbons (Fsp3) is 0.522. The lowest BCUT2D eigenvalue weighted by Crippen LogP contribution is -2.43. The number of aromatic nitrogens is 1. The van der Waals surface area contributed by atoms with Crippen LogP contribution in [0.25, 0.3) is 0 Å². The van der Waals surface area contributed by atoms with Crippen molar-refractivity contribution in [2.45, 2.75) is 57.5 Å². The van der Waals surface area contributed by atoms with E-state index in [0.717, 1.165) is 37.4 Å². The van der Waals surface area contributed by atoms with Gasteiger partial charge in [0.05, 0.1) is 17.3 Å². The van der Waals surface area contributed by atoms with Crippen molar-refractivity contribution in [2.24, 2.45) is 17.3 Å². The number of aliphatic hydroxyl groups is 1. The SMILES string of the molecule is C[C@]12CC[C@@H]3c4ccc(O)cc4CC[C@H]3[C@@H]1CC[C@@H]2O.Fc1cc(Cl)c(F)cn1. The molecule has 0 aliphatic heterocycles. The summed E-state index contributed by atoms with van der Waals surface area (Å²) in [7, 11) is 0. The van der Waals surface area contributed by atoms with Gasteiger partial charge in [-0.3, -0.25) is 0 Å². The zero-order chi connectivity index (χ0) is 20.8. The Morgan fingerprint density at radius 1 is 1.14 bits per heavy atom. The highest BCUT2D eigenvalue weighted by atomic mass is 35.5. The minimum atomic E-state index is -0.776. The molecule has 0 saturated heterocycles. The predicted molar refractivity (Wildman–Crippen MR) is 108 cm³/mol. The van der Waals surface area contributed by atoms with Crippen LogP contribution in [0, 0.1) is 29.0 Å². The lowest BCUT2D eigenvalue weighted by atomic mass is 9.55. The van der Waals surface area contributed by atoms with Gasteiger partial charge in [-0.2, -0.15) is 4.39 Å². The maximum atomic E-state index is 12.1. The van der Waals surface area contributed by atoms with Crippen molar-refractivity contribution in [1.82, 2.24) is 4.98 Å². The Kier molecular flexibility index (Phi) is 5.56. The van der Waals surface area contributed by atoms with Crippen molar-refractivity contribution in [3.8, 4) is 5.75 Å². The second-order valence-corrected chi connectivity index (χ2v) is 9.26. The van der Waals surface area contributed by atoms with Crippen LogP contribution in [0.4, 0.5) is 8.78 Å². The van der Waals surface area contributed by atoms with Gasteiger partial charge in [0.2, 0.25) is 5.95 Å². The van der Waals surface area contributed by atoms with E-state index in [4.69, 9.17) is 11.6 Å². The van der Waals surface area contributed by atoms with E-state index in [1.807, 2.05) is 12.1 Å². The maximum absolute atomic E-state index is 12.1. The van der Waals surface area contributed by atoms with Crippen molar-refractivity contribution < 1.29 is 19.0 Å². The Bertz CT molecular complexity index is 908. The standard InChI is InChI=1S/C18H24O2.C5H2ClF2N/c1-18-9-8-14-13-5-3-12(19)10-11(13)2-4-15(14)16(18)6-7-17(18)20;6-3-1-5(8)9-2-4(3)7/h3,5,10,14-17,19-20H,2,4,6-9H2,1H3;1-2H/t14-,15-,16+,17+,18+;/m1./s1. The number of rotatable bonds is 0. The molecule has 0 radical (unpaired) electrons. The number of nitrogens with zero attached hydrogens (tertiary/aromatic N) is 1. The molecule has 5 rings (SSSR count). The van der Waals surface area contributed by atoms with Crippen LogP contribution >= 0.6 is 11.6 Å². The molecule has 2 aromatic rings. The number of aromatic hydroxyl groups is 1. The van der Waals surface area contributed by atoms with Gasteiger partial charge in [-0.15, -0.1) is 0 Å². The Morgan fingerprint density at radius 2 is 1.93 bits per heavy atom. The highest BCUT2D eigenvalue weighted by Gasteiger charge is 2.54. The molecule has 1 aromatic heterocycles. The van der Waals surface area contributed by atoms with Crippen LogP contribution in [-0.4, -0.2) is 21.3 Å². The summed E-state index contributed by atoms with van der Waals surface area (Å²) >= 11 is 5.16. The van der Waals surface area contributed by atoms with Gasteiger partial charge in [0, 0.05) is 6.07 Å². The monoisotopic (exact) mass is 421 g/mol. The number of hydrogen-bond acceptors (Lipinski definition) is 3. The quantitative estimate of drug-likeness (QED) is 0.542. The average Bonchev–Trinajstić information content (AvgIpc) is 3.00. The summed E-state index contributed by atoms with van der Waals surface area (Å²) in [5.41, 5.74) is 2.99. The van der Waals surface area contributed by atoms with Crippen molar-refractivity contribution >= 4 is 11.6 Å². The largest absolute Gasteiger partial charge is 0.508 e. The number of aryl methyl sites for hydroxylation is 1. The Labute approximate surface area is 174 Å². The molecule has 6 heteroatoms. The Hall–Kier alpha value is -1.72. The molecule has 2 N–H and O–H groups in total. The summed E-state index contributed by atoms with van der Waals surface area (Å²) in [5.74, 6) is 1.00. The lowest BCUT2D eigenvalue weighted by molar-refractivity contribution is -0.0226. The number of benzene rings is 1. The third-order valence-corrected chi connectivity index (χ3v) is 7.72.